The van der Waals surface area contributed by atoms with E-state index in [0.29, 0.717) is 12.3 Å². The Morgan fingerprint density at radius 3 is 2.29 bits per heavy atom. The highest BCUT2D eigenvalue weighted by molar-refractivity contribution is 5.39. The number of methoxy groups -OCH3 is 2. The molecule has 0 aliphatic heterocycles. The molecule has 2 aromatic carbocycles. The van der Waals surface area contributed by atoms with Crippen molar-refractivity contribution in [3.63, 3.8) is 0 Å². The normalized spacial score (nSPS) is 11.5. The Labute approximate surface area is 124 Å². The standard InChI is InChI=1S/C17H18N2O2/c1-20-16-9-5-3-7-13(16)12-19-15(11-18)14-8-4-6-10-17(14)21-2/h3-10,15,19H,12H2,1-2H3. The topological polar surface area (TPSA) is 54.3 Å². The zero-order valence-electron chi connectivity index (χ0n) is 12.2. The molecule has 0 fully saturated rings. The smallest absolute Gasteiger partial charge is 0.125 e. The highest BCUT2D eigenvalue weighted by Crippen LogP contribution is 2.25. The quantitative estimate of drug-likeness (QED) is 0.884. The molecular formula is C17H18N2O2. The Balaban J connectivity index is 2.15. The maximum Gasteiger partial charge on any atom is 0.125 e. The zero-order valence-corrected chi connectivity index (χ0v) is 12.2. The van der Waals surface area contributed by atoms with Crippen LogP contribution in [0.4, 0.5) is 0 Å². The van der Waals surface area contributed by atoms with Crippen molar-refractivity contribution in [3.05, 3.63) is 59.7 Å². The molecule has 0 aromatic heterocycles. The number of ether oxygens (including phenoxy) is 2. The molecule has 4 nitrogen and oxygen atoms in total. The number of nitriles is 1. The SMILES string of the molecule is COc1ccccc1CNC(C#N)c1ccccc1OC. The van der Waals surface area contributed by atoms with Crippen LogP contribution in [-0.4, -0.2) is 14.2 Å². The molecule has 1 atom stereocenters. The first-order chi connectivity index (χ1) is 10.3. The van der Waals surface area contributed by atoms with Gasteiger partial charge in [0.25, 0.3) is 0 Å². The van der Waals surface area contributed by atoms with E-state index in [-0.39, 0.29) is 0 Å². The maximum absolute atomic E-state index is 9.40. The molecule has 0 saturated carbocycles. The zero-order chi connectivity index (χ0) is 15.1. The van der Waals surface area contributed by atoms with Gasteiger partial charge in [-0.2, -0.15) is 5.26 Å². The highest BCUT2D eigenvalue weighted by atomic mass is 16.5. The third kappa shape index (κ3) is 3.53. The summed E-state index contributed by atoms with van der Waals surface area (Å²) in [7, 11) is 3.24. The van der Waals surface area contributed by atoms with Crippen molar-refractivity contribution in [3.8, 4) is 17.6 Å². The van der Waals surface area contributed by atoms with Gasteiger partial charge in [-0.3, -0.25) is 5.32 Å². The summed E-state index contributed by atoms with van der Waals surface area (Å²) < 4.78 is 10.6. The number of nitrogens with zero attached hydrogens (tertiary/aromatic N) is 1. The largest absolute Gasteiger partial charge is 0.496 e. The second-order valence-electron chi connectivity index (χ2n) is 4.50. The molecule has 0 heterocycles. The summed E-state index contributed by atoms with van der Waals surface area (Å²) in [6.45, 7) is 0.542. The van der Waals surface area contributed by atoms with Gasteiger partial charge in [0.1, 0.15) is 17.5 Å². The summed E-state index contributed by atoms with van der Waals surface area (Å²) in [5.41, 5.74) is 1.84. The number of hydrogen-bond acceptors (Lipinski definition) is 4. The van der Waals surface area contributed by atoms with Crippen LogP contribution in [0, 0.1) is 11.3 Å². The fourth-order valence-electron chi connectivity index (χ4n) is 2.19. The predicted molar refractivity (Wildman–Crippen MR) is 81.2 cm³/mol. The van der Waals surface area contributed by atoms with Crippen molar-refractivity contribution in [2.24, 2.45) is 0 Å². The molecular weight excluding hydrogens is 264 g/mol. The molecule has 0 amide bonds. The van der Waals surface area contributed by atoms with Crippen LogP contribution in [0.15, 0.2) is 48.5 Å². The molecule has 0 aliphatic rings. The summed E-state index contributed by atoms with van der Waals surface area (Å²) in [6, 6.07) is 17.1. The molecule has 2 aromatic rings. The van der Waals surface area contributed by atoms with Gasteiger partial charge in [0.15, 0.2) is 0 Å². The van der Waals surface area contributed by atoms with Gasteiger partial charge in [0, 0.05) is 17.7 Å². The Morgan fingerprint density at radius 2 is 1.62 bits per heavy atom. The second-order valence-corrected chi connectivity index (χ2v) is 4.50. The van der Waals surface area contributed by atoms with E-state index in [0.717, 1.165) is 16.9 Å². The highest BCUT2D eigenvalue weighted by Gasteiger charge is 2.15. The molecule has 108 valence electrons. The summed E-state index contributed by atoms with van der Waals surface area (Å²) in [5, 5.41) is 12.6. The van der Waals surface area contributed by atoms with Gasteiger partial charge in [0.2, 0.25) is 0 Å². The van der Waals surface area contributed by atoms with Gasteiger partial charge in [-0.05, 0) is 12.1 Å². The average Bonchev–Trinajstić information content (AvgIpc) is 2.56. The third-order valence-corrected chi connectivity index (χ3v) is 3.27. The van der Waals surface area contributed by atoms with Crippen LogP contribution in [0.2, 0.25) is 0 Å². The van der Waals surface area contributed by atoms with Crippen molar-refractivity contribution in [2.75, 3.05) is 14.2 Å². The minimum Gasteiger partial charge on any atom is -0.496 e. The van der Waals surface area contributed by atoms with Gasteiger partial charge in [-0.25, -0.2) is 0 Å². The Morgan fingerprint density at radius 1 is 1.00 bits per heavy atom. The lowest BCUT2D eigenvalue weighted by molar-refractivity contribution is 0.401. The van der Waals surface area contributed by atoms with Gasteiger partial charge in [-0.15, -0.1) is 0 Å². The first-order valence-corrected chi connectivity index (χ1v) is 6.68. The van der Waals surface area contributed by atoms with Crippen molar-refractivity contribution in [1.29, 1.82) is 5.26 Å². The summed E-state index contributed by atoms with van der Waals surface area (Å²) in [5.74, 6) is 1.51. The Hall–Kier alpha value is -2.51. The molecule has 1 unspecified atom stereocenters. The number of benzene rings is 2. The third-order valence-electron chi connectivity index (χ3n) is 3.27. The minimum absolute atomic E-state index is 0.439. The number of hydrogen-bond donors (Lipinski definition) is 1. The van der Waals surface area contributed by atoms with E-state index in [1.807, 2.05) is 48.5 Å². The minimum atomic E-state index is -0.439. The molecule has 21 heavy (non-hydrogen) atoms. The van der Waals surface area contributed by atoms with Crippen LogP contribution in [0.1, 0.15) is 17.2 Å². The molecule has 0 spiro atoms. The first-order valence-electron chi connectivity index (χ1n) is 6.68. The lowest BCUT2D eigenvalue weighted by Gasteiger charge is -2.16. The van der Waals surface area contributed by atoms with E-state index in [4.69, 9.17) is 9.47 Å². The summed E-state index contributed by atoms with van der Waals surface area (Å²) >= 11 is 0. The fraction of sp³-hybridized carbons (Fsp3) is 0.235. The van der Waals surface area contributed by atoms with Crippen molar-refractivity contribution in [1.82, 2.24) is 5.32 Å². The molecule has 0 aliphatic carbocycles. The fourth-order valence-corrected chi connectivity index (χ4v) is 2.19. The van der Waals surface area contributed by atoms with Crippen LogP contribution in [0.25, 0.3) is 0 Å². The van der Waals surface area contributed by atoms with E-state index in [2.05, 4.69) is 11.4 Å². The first kappa shape index (κ1) is 14.9. The van der Waals surface area contributed by atoms with Crippen LogP contribution >= 0.6 is 0 Å². The Kier molecular flexibility index (Phi) is 5.19. The second kappa shape index (κ2) is 7.32. The lowest BCUT2D eigenvalue weighted by Crippen LogP contribution is -2.20. The van der Waals surface area contributed by atoms with Gasteiger partial charge < -0.3 is 9.47 Å². The van der Waals surface area contributed by atoms with Crippen molar-refractivity contribution in [2.45, 2.75) is 12.6 Å². The maximum atomic E-state index is 9.40. The van der Waals surface area contributed by atoms with Gasteiger partial charge >= 0.3 is 0 Å². The van der Waals surface area contributed by atoms with Crippen LogP contribution < -0.4 is 14.8 Å². The summed E-state index contributed by atoms with van der Waals surface area (Å²) in [6.07, 6.45) is 0. The van der Waals surface area contributed by atoms with Crippen molar-refractivity contribution >= 4 is 0 Å². The monoisotopic (exact) mass is 282 g/mol. The molecule has 0 saturated heterocycles. The number of para-hydroxylation sites is 2. The van der Waals surface area contributed by atoms with Crippen molar-refractivity contribution < 1.29 is 9.47 Å². The molecule has 4 heteroatoms. The van der Waals surface area contributed by atoms with E-state index in [1.165, 1.54) is 0 Å². The average molecular weight is 282 g/mol. The number of nitrogens with one attached hydrogen (secondary N) is 1. The van der Waals surface area contributed by atoms with E-state index < -0.39 is 6.04 Å². The predicted octanol–water partition coefficient (Wildman–Crippen LogP) is 3.06. The van der Waals surface area contributed by atoms with Crippen LogP contribution in [0.5, 0.6) is 11.5 Å². The lowest BCUT2D eigenvalue weighted by atomic mass is 10.1. The molecule has 2 rings (SSSR count). The number of rotatable bonds is 6. The van der Waals surface area contributed by atoms with E-state index in [1.54, 1.807) is 14.2 Å². The van der Waals surface area contributed by atoms with Gasteiger partial charge in [-0.1, -0.05) is 36.4 Å². The molecule has 1 N–H and O–H groups in total. The summed E-state index contributed by atoms with van der Waals surface area (Å²) in [4.78, 5) is 0. The molecule has 0 radical (unpaired) electrons. The van der Waals surface area contributed by atoms with Crippen LogP contribution in [-0.2, 0) is 6.54 Å². The van der Waals surface area contributed by atoms with Crippen LogP contribution in [0.3, 0.4) is 0 Å². The van der Waals surface area contributed by atoms with E-state index >= 15 is 0 Å². The Bertz CT molecular complexity index is 635. The van der Waals surface area contributed by atoms with Gasteiger partial charge in [0.05, 0.1) is 20.3 Å². The molecule has 0 bridgehead atoms. The van der Waals surface area contributed by atoms with E-state index in [9.17, 15) is 5.26 Å².